The molecule has 1 saturated heterocycles. The summed E-state index contributed by atoms with van der Waals surface area (Å²) in [4.78, 5) is 8.26. The average molecular weight is 673 g/mol. The van der Waals surface area contributed by atoms with E-state index in [4.69, 9.17) is 20.8 Å². The van der Waals surface area contributed by atoms with Crippen LogP contribution in [-0.2, 0) is 29.0 Å². The van der Waals surface area contributed by atoms with Crippen molar-refractivity contribution in [3.8, 4) is 0 Å². The fraction of sp³-hybridized carbons (Fsp3) is 0.214. The topological polar surface area (TPSA) is 165 Å². The van der Waals surface area contributed by atoms with Crippen LogP contribution >= 0.6 is 15.9 Å². The molecule has 1 fully saturated rings. The summed E-state index contributed by atoms with van der Waals surface area (Å²) >= 11 is 3.25. The minimum Gasteiger partial charge on any atom is -0.399 e. The molecule has 0 spiro atoms. The highest BCUT2D eigenvalue weighted by Crippen LogP contribution is 2.36. The van der Waals surface area contributed by atoms with Gasteiger partial charge < -0.3 is 20.8 Å². The van der Waals surface area contributed by atoms with Gasteiger partial charge >= 0.3 is 7.12 Å². The van der Waals surface area contributed by atoms with Gasteiger partial charge in [-0.15, -0.1) is 0 Å². The van der Waals surface area contributed by atoms with Gasteiger partial charge in [0.05, 0.1) is 30.8 Å². The summed E-state index contributed by atoms with van der Waals surface area (Å²) in [6.45, 7) is 7.89. The van der Waals surface area contributed by atoms with Gasteiger partial charge in [0.2, 0.25) is 19.7 Å². The minimum absolute atomic E-state index is 0.102. The molecule has 42 heavy (non-hydrogen) atoms. The Kier molecular flexibility index (Phi) is 8.86. The van der Waals surface area contributed by atoms with E-state index >= 15 is 0 Å². The molecule has 3 heterocycles. The zero-order valence-electron chi connectivity index (χ0n) is 23.4. The van der Waals surface area contributed by atoms with Crippen LogP contribution in [0.1, 0.15) is 27.7 Å². The van der Waals surface area contributed by atoms with Crippen molar-refractivity contribution in [1.29, 1.82) is 0 Å². The zero-order valence-corrected chi connectivity index (χ0v) is 26.6. The number of nitrogen functional groups attached to an aromatic ring is 2. The summed E-state index contributed by atoms with van der Waals surface area (Å²) in [5.74, 6) is 0.565. The van der Waals surface area contributed by atoms with Gasteiger partial charge in [0, 0.05) is 16.9 Å². The van der Waals surface area contributed by atoms with E-state index in [2.05, 4.69) is 25.9 Å². The lowest BCUT2D eigenvalue weighted by Crippen LogP contribution is -2.41. The van der Waals surface area contributed by atoms with Gasteiger partial charge in [0.15, 0.2) is 0 Å². The number of rotatable bonds is 5. The molecule has 4 aromatic rings. The maximum absolute atomic E-state index is 12.6. The lowest BCUT2D eigenvalue weighted by Gasteiger charge is -2.32. The molecular formula is C28H30BBrN4O6S2. The molecule has 2 aromatic heterocycles. The largest absolute Gasteiger partial charge is 0.494 e. The molecule has 0 unspecified atom stereocenters. The summed E-state index contributed by atoms with van der Waals surface area (Å²) in [5.41, 5.74) is 10.8. The van der Waals surface area contributed by atoms with Crippen molar-refractivity contribution >= 4 is 59.8 Å². The number of hydrogen-bond acceptors (Lipinski definition) is 10. The van der Waals surface area contributed by atoms with E-state index in [0.717, 1.165) is 9.94 Å². The van der Waals surface area contributed by atoms with E-state index in [1.165, 1.54) is 48.8 Å². The van der Waals surface area contributed by atoms with E-state index in [9.17, 15) is 16.8 Å². The van der Waals surface area contributed by atoms with E-state index in [1.54, 1.807) is 36.4 Å². The van der Waals surface area contributed by atoms with E-state index < -0.39 is 38.0 Å². The predicted octanol–water partition coefficient (Wildman–Crippen LogP) is 4.05. The third-order valence-corrected chi connectivity index (χ3v) is 11.0. The number of nitrogens with two attached hydrogens (primary N) is 2. The number of nitrogens with zero attached hydrogens (tertiary/aromatic N) is 2. The van der Waals surface area contributed by atoms with Gasteiger partial charge in [0.25, 0.3) is 0 Å². The molecule has 220 valence electrons. The van der Waals surface area contributed by atoms with Crippen molar-refractivity contribution in [1.82, 2.24) is 9.97 Å². The maximum Gasteiger partial charge on any atom is 0.494 e. The van der Waals surface area contributed by atoms with Crippen LogP contribution in [0, 0.1) is 0 Å². The molecule has 1 aliphatic heterocycles. The Morgan fingerprint density at radius 3 is 1.33 bits per heavy atom. The molecule has 1 aliphatic rings. The number of anilines is 2. The molecule has 0 bridgehead atoms. The highest BCUT2D eigenvalue weighted by molar-refractivity contribution is 9.10. The Morgan fingerprint density at radius 2 is 0.976 bits per heavy atom. The fourth-order valence-electron chi connectivity index (χ4n) is 3.77. The number of halogens is 1. The van der Waals surface area contributed by atoms with Crippen LogP contribution < -0.4 is 16.9 Å². The van der Waals surface area contributed by atoms with Crippen LogP contribution in [0.25, 0.3) is 0 Å². The van der Waals surface area contributed by atoms with Crippen molar-refractivity contribution in [2.75, 3.05) is 11.5 Å². The minimum atomic E-state index is -3.64. The van der Waals surface area contributed by atoms with Crippen LogP contribution in [0.3, 0.4) is 0 Å². The van der Waals surface area contributed by atoms with Gasteiger partial charge in [-0.2, -0.15) is 0 Å². The van der Waals surface area contributed by atoms with Crippen molar-refractivity contribution in [3.05, 3.63) is 89.7 Å². The van der Waals surface area contributed by atoms with E-state index in [1.807, 2.05) is 27.7 Å². The Labute approximate surface area is 254 Å². The molecule has 0 atom stereocenters. The second-order valence-corrected chi connectivity index (χ2v) is 15.3. The van der Waals surface area contributed by atoms with Crippen molar-refractivity contribution in [3.63, 3.8) is 0 Å². The highest BCUT2D eigenvalue weighted by Gasteiger charge is 2.51. The van der Waals surface area contributed by atoms with Gasteiger partial charge in [-0.1, -0.05) is 28.1 Å². The highest BCUT2D eigenvalue weighted by atomic mass is 79.9. The SMILES string of the molecule is CC1(C)OB(c2ccc(S(=O)(=O)c3ccc(N)nc3)cc2)OC1(C)C.Nc1ccc(S(=O)(=O)c2ccc(Br)cc2)cn1. The third-order valence-electron chi connectivity index (χ3n) is 6.98. The number of pyridine rings is 2. The monoisotopic (exact) mass is 672 g/mol. The molecule has 10 nitrogen and oxygen atoms in total. The summed E-state index contributed by atoms with van der Waals surface area (Å²) in [5, 5.41) is 0. The fourth-order valence-corrected chi connectivity index (χ4v) is 6.45. The Morgan fingerprint density at radius 1 is 0.619 bits per heavy atom. The predicted molar refractivity (Wildman–Crippen MR) is 165 cm³/mol. The molecule has 5 rings (SSSR count). The standard InChI is InChI=1S/C17H21BN2O4S.C11H9BrN2O2S/c1-16(2)17(3,4)24-18(23-16)12-5-7-13(8-6-12)25(21,22)14-9-10-15(19)20-11-14;12-8-1-3-9(4-2-8)17(15,16)10-5-6-11(13)14-7-10/h5-11H,1-4H3,(H2,19,20);1-7H,(H2,13,14). The number of aromatic nitrogens is 2. The number of benzene rings is 2. The lowest BCUT2D eigenvalue weighted by molar-refractivity contribution is 0.00578. The normalized spacial score (nSPS) is 16.0. The van der Waals surface area contributed by atoms with Crippen molar-refractivity contribution < 1.29 is 26.1 Å². The number of sulfone groups is 2. The lowest BCUT2D eigenvalue weighted by atomic mass is 9.79. The molecule has 2 aromatic carbocycles. The molecule has 0 amide bonds. The van der Waals surface area contributed by atoms with Crippen molar-refractivity contribution in [2.45, 2.75) is 58.5 Å². The maximum atomic E-state index is 12.6. The zero-order chi connectivity index (χ0) is 30.9. The quantitative estimate of drug-likeness (QED) is 0.296. The molecule has 0 saturated carbocycles. The van der Waals surface area contributed by atoms with E-state index in [-0.39, 0.29) is 25.4 Å². The second kappa shape index (κ2) is 11.8. The van der Waals surface area contributed by atoms with Crippen LogP contribution in [0.2, 0.25) is 0 Å². The first kappa shape index (κ1) is 31.6. The summed E-state index contributed by atoms with van der Waals surface area (Å²) in [6, 6.07) is 18.8. The van der Waals surface area contributed by atoms with Crippen LogP contribution in [0.5, 0.6) is 0 Å². The van der Waals surface area contributed by atoms with Gasteiger partial charge in [-0.25, -0.2) is 26.8 Å². The third kappa shape index (κ3) is 6.68. The molecule has 0 radical (unpaired) electrons. The second-order valence-electron chi connectivity index (χ2n) is 10.5. The van der Waals surface area contributed by atoms with Crippen LogP contribution in [-0.4, -0.2) is 45.1 Å². The average Bonchev–Trinajstić information content (AvgIpc) is 3.16. The first-order valence-corrected chi connectivity index (χ1v) is 16.4. The molecule has 4 N–H and O–H groups in total. The van der Waals surface area contributed by atoms with Crippen LogP contribution in [0.4, 0.5) is 11.6 Å². The van der Waals surface area contributed by atoms with Crippen molar-refractivity contribution in [2.24, 2.45) is 0 Å². The Balaban J connectivity index is 0.000000208. The molecular weight excluding hydrogens is 643 g/mol. The summed E-state index contributed by atoms with van der Waals surface area (Å²) in [6.07, 6.45) is 2.51. The smallest absolute Gasteiger partial charge is 0.399 e. The first-order chi connectivity index (χ1) is 19.5. The summed E-state index contributed by atoms with van der Waals surface area (Å²) in [7, 11) is -7.68. The van der Waals surface area contributed by atoms with E-state index in [0.29, 0.717) is 5.82 Å². The number of hydrogen-bond donors (Lipinski definition) is 2. The van der Waals surface area contributed by atoms with Crippen LogP contribution in [0.15, 0.2) is 109 Å². The van der Waals surface area contributed by atoms with Gasteiger partial charge in [-0.05, 0) is 93.8 Å². The van der Waals surface area contributed by atoms with Gasteiger partial charge in [-0.3, -0.25) is 0 Å². The summed E-state index contributed by atoms with van der Waals surface area (Å²) < 4.78 is 62.4. The van der Waals surface area contributed by atoms with Gasteiger partial charge in [0.1, 0.15) is 11.6 Å². The molecule has 0 aliphatic carbocycles. The molecule has 14 heteroatoms. The Hall–Kier alpha value is -3.30. The first-order valence-electron chi connectivity index (χ1n) is 12.7. The Bertz CT molecular complexity index is 1700.